The summed E-state index contributed by atoms with van der Waals surface area (Å²) in [5, 5.41) is 0. The van der Waals surface area contributed by atoms with E-state index in [0.717, 1.165) is 6.42 Å². The first-order valence-electron chi connectivity index (χ1n) is 3.52. The predicted molar refractivity (Wildman–Crippen MR) is 41.2 cm³/mol. The maximum Gasteiger partial charge on any atom is 0.248 e. The van der Waals surface area contributed by atoms with Gasteiger partial charge in [-0.25, -0.2) is 9.13 Å². The Morgan fingerprint density at radius 1 is 1.55 bits per heavy atom. The van der Waals surface area contributed by atoms with E-state index >= 15 is 0 Å². The van der Waals surface area contributed by atoms with Gasteiger partial charge < -0.3 is 12.4 Å². The minimum atomic E-state index is 0. The van der Waals surface area contributed by atoms with Gasteiger partial charge >= 0.3 is 0 Å². The number of aryl methyl sites for hydroxylation is 1. The van der Waals surface area contributed by atoms with Crippen molar-refractivity contribution < 1.29 is 17.0 Å². The summed E-state index contributed by atoms with van der Waals surface area (Å²) in [5.41, 5.74) is 0. The Labute approximate surface area is 73.6 Å². The van der Waals surface area contributed by atoms with Crippen LogP contribution in [-0.2, 0) is 7.05 Å². The van der Waals surface area contributed by atoms with Crippen molar-refractivity contribution in [2.24, 2.45) is 7.05 Å². The molecule has 1 aromatic rings. The lowest BCUT2D eigenvalue weighted by atomic mass is 10.5. The highest BCUT2D eigenvalue weighted by atomic mass is 35.5. The maximum absolute atomic E-state index is 2.12. The van der Waals surface area contributed by atoms with Gasteiger partial charge in [0.15, 0.2) is 0 Å². The molecular weight excluding hydrogens is 160 g/mol. The van der Waals surface area contributed by atoms with Crippen LogP contribution < -0.4 is 17.0 Å². The van der Waals surface area contributed by atoms with Gasteiger partial charge in [-0.3, -0.25) is 0 Å². The van der Waals surface area contributed by atoms with E-state index in [2.05, 4.69) is 19.2 Å². The zero-order valence-corrected chi connectivity index (χ0v) is 7.62. The topological polar surface area (TPSA) is 8.81 Å². The SMILES string of the molecule is CCC=Cn1cc[n+](C)c1.[Cl-]. The number of nitrogens with zero attached hydrogens (tertiary/aromatic N) is 2. The molecule has 0 aliphatic rings. The quantitative estimate of drug-likeness (QED) is 0.466. The number of aromatic nitrogens is 2. The van der Waals surface area contributed by atoms with E-state index in [0.29, 0.717) is 0 Å². The zero-order valence-electron chi connectivity index (χ0n) is 6.87. The molecule has 3 heteroatoms. The summed E-state index contributed by atoms with van der Waals surface area (Å²) >= 11 is 0. The van der Waals surface area contributed by atoms with Crippen LogP contribution in [0, 0.1) is 0 Å². The largest absolute Gasteiger partial charge is 1.00 e. The standard InChI is InChI=1S/C8H13N2.ClH/c1-3-4-5-10-7-6-9(2)8-10;/h4-8H,3H2,1-2H3;1H/q+1;/p-1. The number of allylic oxidation sites excluding steroid dienone is 1. The average Bonchev–Trinajstić information content (AvgIpc) is 2.31. The summed E-state index contributed by atoms with van der Waals surface area (Å²) < 4.78 is 4.05. The van der Waals surface area contributed by atoms with Gasteiger partial charge in [0.25, 0.3) is 0 Å². The Kier molecular flexibility index (Phi) is 4.62. The van der Waals surface area contributed by atoms with Crippen LogP contribution in [0.5, 0.6) is 0 Å². The van der Waals surface area contributed by atoms with Crippen molar-refractivity contribution in [3.05, 3.63) is 24.8 Å². The molecule has 0 N–H and O–H groups in total. The Morgan fingerprint density at radius 2 is 2.27 bits per heavy atom. The molecule has 2 nitrogen and oxygen atoms in total. The lowest BCUT2D eigenvalue weighted by Gasteiger charge is -1.79. The molecule has 0 fully saturated rings. The van der Waals surface area contributed by atoms with Gasteiger partial charge in [-0.05, 0) is 12.5 Å². The van der Waals surface area contributed by atoms with Crippen LogP contribution in [0.2, 0.25) is 0 Å². The highest BCUT2D eigenvalue weighted by Crippen LogP contribution is 1.86. The fourth-order valence-electron chi connectivity index (χ4n) is 0.785. The van der Waals surface area contributed by atoms with E-state index in [1.807, 2.05) is 34.9 Å². The molecular formula is C8H13ClN2. The highest BCUT2D eigenvalue weighted by molar-refractivity contribution is 5.19. The van der Waals surface area contributed by atoms with E-state index in [1.54, 1.807) is 0 Å². The first-order chi connectivity index (χ1) is 4.83. The molecule has 11 heavy (non-hydrogen) atoms. The molecule has 0 amide bonds. The third-order valence-electron chi connectivity index (χ3n) is 1.30. The van der Waals surface area contributed by atoms with E-state index in [1.165, 1.54) is 0 Å². The van der Waals surface area contributed by atoms with Crippen molar-refractivity contribution in [1.29, 1.82) is 0 Å². The molecule has 1 aromatic heterocycles. The maximum atomic E-state index is 2.12. The molecule has 0 spiro atoms. The lowest BCUT2D eigenvalue weighted by Crippen LogP contribution is -3.00. The molecule has 1 heterocycles. The molecule has 0 saturated carbocycles. The Morgan fingerprint density at radius 3 is 2.73 bits per heavy atom. The minimum absolute atomic E-state index is 0. The second-order valence-electron chi connectivity index (χ2n) is 2.32. The molecule has 0 radical (unpaired) electrons. The van der Waals surface area contributed by atoms with Crippen molar-refractivity contribution in [2.75, 3.05) is 0 Å². The fourth-order valence-corrected chi connectivity index (χ4v) is 0.785. The molecule has 0 bridgehead atoms. The molecule has 0 aliphatic heterocycles. The second kappa shape index (κ2) is 4.97. The van der Waals surface area contributed by atoms with Gasteiger partial charge in [0.2, 0.25) is 6.33 Å². The fraction of sp³-hybridized carbons (Fsp3) is 0.375. The average molecular weight is 173 g/mol. The summed E-state index contributed by atoms with van der Waals surface area (Å²) in [6.07, 6.45) is 11.3. The van der Waals surface area contributed by atoms with Gasteiger partial charge in [-0.1, -0.05) is 6.92 Å². The van der Waals surface area contributed by atoms with Crippen LogP contribution in [0.3, 0.4) is 0 Å². The summed E-state index contributed by atoms with van der Waals surface area (Å²) in [4.78, 5) is 0. The Bertz CT molecular complexity index is 228. The van der Waals surface area contributed by atoms with Crippen LogP contribution in [-0.4, -0.2) is 4.57 Å². The van der Waals surface area contributed by atoms with Gasteiger partial charge in [-0.2, -0.15) is 0 Å². The van der Waals surface area contributed by atoms with E-state index < -0.39 is 0 Å². The van der Waals surface area contributed by atoms with Crippen molar-refractivity contribution in [3.8, 4) is 0 Å². The van der Waals surface area contributed by atoms with Crippen molar-refractivity contribution >= 4 is 6.20 Å². The second-order valence-corrected chi connectivity index (χ2v) is 2.32. The minimum Gasteiger partial charge on any atom is -1.00 e. The zero-order chi connectivity index (χ0) is 7.40. The van der Waals surface area contributed by atoms with Crippen molar-refractivity contribution in [2.45, 2.75) is 13.3 Å². The monoisotopic (exact) mass is 172 g/mol. The third kappa shape index (κ3) is 3.23. The first-order valence-corrected chi connectivity index (χ1v) is 3.52. The number of halogens is 1. The van der Waals surface area contributed by atoms with Crippen LogP contribution in [0.25, 0.3) is 6.20 Å². The normalized spacial score (nSPS) is 10.0. The number of hydrogen-bond donors (Lipinski definition) is 0. The number of hydrogen-bond acceptors (Lipinski definition) is 0. The summed E-state index contributed by atoms with van der Waals surface area (Å²) in [7, 11) is 2.01. The highest BCUT2D eigenvalue weighted by Gasteiger charge is 1.91. The van der Waals surface area contributed by atoms with Crippen LogP contribution >= 0.6 is 0 Å². The summed E-state index contributed by atoms with van der Waals surface area (Å²) in [6.45, 7) is 2.12. The first kappa shape index (κ1) is 10.2. The number of rotatable bonds is 2. The smallest absolute Gasteiger partial charge is 0.248 e. The predicted octanol–water partition coefficient (Wildman–Crippen LogP) is -1.80. The molecule has 0 unspecified atom stereocenters. The lowest BCUT2D eigenvalue weighted by molar-refractivity contribution is -0.670. The van der Waals surface area contributed by atoms with Crippen LogP contribution in [0.15, 0.2) is 24.8 Å². The molecule has 0 atom stereocenters. The van der Waals surface area contributed by atoms with Crippen molar-refractivity contribution in [3.63, 3.8) is 0 Å². The Hall–Kier alpha value is -0.760. The Balaban J connectivity index is 0.000001000. The van der Waals surface area contributed by atoms with Gasteiger partial charge in [-0.15, -0.1) is 0 Å². The molecule has 0 saturated heterocycles. The third-order valence-corrected chi connectivity index (χ3v) is 1.30. The summed E-state index contributed by atoms with van der Waals surface area (Å²) in [5.74, 6) is 0. The molecule has 1 rings (SSSR count). The summed E-state index contributed by atoms with van der Waals surface area (Å²) in [6, 6.07) is 0. The van der Waals surface area contributed by atoms with Gasteiger partial charge in [0, 0.05) is 0 Å². The van der Waals surface area contributed by atoms with E-state index in [-0.39, 0.29) is 12.4 Å². The number of imidazole rings is 1. The van der Waals surface area contributed by atoms with Crippen LogP contribution in [0.4, 0.5) is 0 Å². The molecule has 62 valence electrons. The van der Waals surface area contributed by atoms with Gasteiger partial charge in [0.1, 0.15) is 12.4 Å². The van der Waals surface area contributed by atoms with E-state index in [4.69, 9.17) is 0 Å². The van der Waals surface area contributed by atoms with Crippen molar-refractivity contribution in [1.82, 2.24) is 4.57 Å². The van der Waals surface area contributed by atoms with E-state index in [9.17, 15) is 0 Å². The van der Waals surface area contributed by atoms with Gasteiger partial charge in [0.05, 0.1) is 13.2 Å². The van der Waals surface area contributed by atoms with Crippen LogP contribution in [0.1, 0.15) is 13.3 Å². The molecule has 0 aromatic carbocycles. The molecule has 0 aliphatic carbocycles.